The van der Waals surface area contributed by atoms with Crippen molar-refractivity contribution in [1.82, 2.24) is 4.98 Å². The van der Waals surface area contributed by atoms with Crippen molar-refractivity contribution in [3.63, 3.8) is 0 Å². The largest absolute Gasteiger partial charge is 0.378 e. The fourth-order valence-electron chi connectivity index (χ4n) is 1.90. The van der Waals surface area contributed by atoms with Gasteiger partial charge in [-0.05, 0) is 19.3 Å². The zero-order valence-corrected chi connectivity index (χ0v) is 10.3. The molecule has 88 valence electrons. The summed E-state index contributed by atoms with van der Waals surface area (Å²) >= 11 is 1.47. The molecule has 0 bridgehead atoms. The van der Waals surface area contributed by atoms with E-state index >= 15 is 0 Å². The topological polar surface area (TPSA) is 42.4 Å². The summed E-state index contributed by atoms with van der Waals surface area (Å²) in [6.45, 7) is 2.52. The third kappa shape index (κ3) is 2.41. The van der Waals surface area contributed by atoms with Gasteiger partial charge in [0.05, 0.1) is 17.2 Å². The van der Waals surface area contributed by atoms with Crippen molar-refractivity contribution >= 4 is 22.8 Å². The highest BCUT2D eigenvalue weighted by Crippen LogP contribution is 2.27. The van der Waals surface area contributed by atoms with E-state index < -0.39 is 0 Å². The Morgan fingerprint density at radius 3 is 2.81 bits per heavy atom. The first-order valence-electron chi connectivity index (χ1n) is 5.54. The second kappa shape index (κ2) is 5.41. The molecule has 16 heavy (non-hydrogen) atoms. The van der Waals surface area contributed by atoms with Gasteiger partial charge in [-0.25, -0.2) is 4.98 Å². The molecule has 0 unspecified atom stereocenters. The Kier molecular flexibility index (Phi) is 3.90. The van der Waals surface area contributed by atoms with E-state index in [1.807, 2.05) is 0 Å². The van der Waals surface area contributed by atoms with Crippen molar-refractivity contribution in [2.45, 2.75) is 25.9 Å². The third-order valence-electron chi connectivity index (χ3n) is 2.73. The number of ether oxygens (including phenoxy) is 1. The van der Waals surface area contributed by atoms with E-state index in [2.05, 4.69) is 9.88 Å². The first-order valence-corrected chi connectivity index (χ1v) is 6.35. The van der Waals surface area contributed by atoms with Crippen LogP contribution in [0, 0.1) is 0 Å². The number of nitrogens with zero attached hydrogens (tertiary/aromatic N) is 2. The van der Waals surface area contributed by atoms with Gasteiger partial charge in [0.15, 0.2) is 11.4 Å². The van der Waals surface area contributed by atoms with Crippen LogP contribution in [0.25, 0.3) is 0 Å². The molecule has 0 N–H and O–H groups in total. The number of hydrogen-bond acceptors (Lipinski definition) is 5. The fourth-order valence-corrected chi connectivity index (χ4v) is 2.84. The highest BCUT2D eigenvalue weighted by Gasteiger charge is 2.17. The number of aromatic nitrogens is 1. The van der Waals surface area contributed by atoms with Gasteiger partial charge in [0.25, 0.3) is 0 Å². The predicted molar refractivity (Wildman–Crippen MR) is 64.3 cm³/mol. The molecule has 0 aliphatic carbocycles. The number of thiazole rings is 1. The molecule has 0 amide bonds. The van der Waals surface area contributed by atoms with Gasteiger partial charge in [0, 0.05) is 20.2 Å². The van der Waals surface area contributed by atoms with E-state index in [1.165, 1.54) is 30.6 Å². The fraction of sp³-hybridized carbons (Fsp3) is 0.636. The Bertz CT molecular complexity index is 359. The van der Waals surface area contributed by atoms with Crippen molar-refractivity contribution in [1.29, 1.82) is 0 Å². The molecule has 1 aliphatic rings. The molecule has 0 spiro atoms. The van der Waals surface area contributed by atoms with Gasteiger partial charge in [-0.1, -0.05) is 11.3 Å². The van der Waals surface area contributed by atoms with Crippen LogP contribution in [0.3, 0.4) is 0 Å². The maximum atomic E-state index is 10.9. The summed E-state index contributed by atoms with van der Waals surface area (Å²) in [5.74, 6) is 0. The Balaban J connectivity index is 2.17. The smallest absolute Gasteiger partial charge is 0.186 e. The van der Waals surface area contributed by atoms with Crippen LogP contribution in [-0.4, -0.2) is 31.5 Å². The highest BCUT2D eigenvalue weighted by atomic mass is 32.1. The lowest BCUT2D eigenvalue weighted by molar-refractivity contribution is 0.112. The van der Waals surface area contributed by atoms with Crippen LogP contribution < -0.4 is 4.90 Å². The van der Waals surface area contributed by atoms with Crippen LogP contribution in [0.5, 0.6) is 0 Å². The van der Waals surface area contributed by atoms with Gasteiger partial charge >= 0.3 is 0 Å². The average Bonchev–Trinajstić information content (AvgIpc) is 2.74. The quantitative estimate of drug-likeness (QED) is 0.756. The monoisotopic (exact) mass is 240 g/mol. The minimum Gasteiger partial charge on any atom is -0.378 e. The molecular formula is C11H16N2O2S. The van der Waals surface area contributed by atoms with Crippen LogP contribution in [0.1, 0.15) is 34.6 Å². The second-order valence-corrected chi connectivity index (χ2v) is 4.92. The van der Waals surface area contributed by atoms with Gasteiger partial charge < -0.3 is 9.64 Å². The van der Waals surface area contributed by atoms with Crippen LogP contribution in [0.15, 0.2) is 0 Å². The van der Waals surface area contributed by atoms with Crippen molar-refractivity contribution in [2.75, 3.05) is 25.1 Å². The van der Waals surface area contributed by atoms with E-state index in [0.29, 0.717) is 11.5 Å². The van der Waals surface area contributed by atoms with Gasteiger partial charge in [0.1, 0.15) is 0 Å². The normalized spacial score (nSPS) is 16.4. The lowest BCUT2D eigenvalue weighted by atomic mass is 10.1. The Hall–Kier alpha value is -0.940. The van der Waals surface area contributed by atoms with Crippen molar-refractivity contribution in [3.05, 3.63) is 10.6 Å². The summed E-state index contributed by atoms with van der Waals surface area (Å²) in [5.41, 5.74) is 0.767. The molecule has 1 aliphatic heterocycles. The lowest BCUT2D eigenvalue weighted by Gasteiger charge is -2.25. The number of carbonyl (C=O) groups is 1. The molecule has 1 saturated heterocycles. The summed E-state index contributed by atoms with van der Waals surface area (Å²) < 4.78 is 5.04. The van der Waals surface area contributed by atoms with E-state index in [1.54, 1.807) is 7.11 Å². The maximum Gasteiger partial charge on any atom is 0.186 e. The van der Waals surface area contributed by atoms with E-state index in [-0.39, 0.29) is 0 Å². The predicted octanol–water partition coefficient (Wildman–Crippen LogP) is 2.09. The molecule has 1 aromatic heterocycles. The summed E-state index contributed by atoms with van der Waals surface area (Å²) in [6, 6.07) is 0. The molecule has 0 aromatic carbocycles. The highest BCUT2D eigenvalue weighted by molar-refractivity contribution is 7.17. The number of piperidine rings is 1. The van der Waals surface area contributed by atoms with Gasteiger partial charge in [0.2, 0.25) is 0 Å². The number of hydrogen-bond donors (Lipinski definition) is 0. The van der Waals surface area contributed by atoms with Crippen molar-refractivity contribution in [3.8, 4) is 0 Å². The number of carbonyl (C=O) groups excluding carboxylic acids is 1. The first-order chi connectivity index (χ1) is 7.85. The van der Waals surface area contributed by atoms with Gasteiger partial charge in [-0.15, -0.1) is 0 Å². The van der Waals surface area contributed by atoms with Crippen LogP contribution in [0.2, 0.25) is 0 Å². The number of rotatable bonds is 4. The zero-order valence-electron chi connectivity index (χ0n) is 9.44. The molecule has 1 aromatic rings. The van der Waals surface area contributed by atoms with Crippen molar-refractivity contribution in [2.24, 2.45) is 0 Å². The minimum absolute atomic E-state index is 0.415. The third-order valence-corrected chi connectivity index (χ3v) is 3.81. The second-order valence-electron chi connectivity index (χ2n) is 3.91. The van der Waals surface area contributed by atoms with E-state index in [4.69, 9.17) is 4.74 Å². The van der Waals surface area contributed by atoms with Gasteiger partial charge in [-0.2, -0.15) is 0 Å². The maximum absolute atomic E-state index is 10.9. The summed E-state index contributed by atoms with van der Waals surface area (Å²) in [5, 5.41) is 0.967. The molecule has 2 rings (SSSR count). The van der Waals surface area contributed by atoms with Crippen LogP contribution in [0.4, 0.5) is 5.13 Å². The van der Waals surface area contributed by atoms with E-state index in [9.17, 15) is 4.79 Å². The SMILES string of the molecule is COCc1nc(N2CCCCC2)sc1C=O. The summed E-state index contributed by atoms with van der Waals surface area (Å²) in [7, 11) is 1.62. The molecule has 5 heteroatoms. The lowest BCUT2D eigenvalue weighted by Crippen LogP contribution is -2.29. The standard InChI is InChI=1S/C11H16N2O2S/c1-15-8-9-10(7-14)16-11(12-9)13-5-3-2-4-6-13/h7H,2-6,8H2,1H3. The molecule has 2 heterocycles. The molecule has 4 nitrogen and oxygen atoms in total. The molecule has 0 saturated carbocycles. The first kappa shape index (κ1) is 11.5. The minimum atomic E-state index is 0.415. The Morgan fingerprint density at radius 2 is 2.19 bits per heavy atom. The molecule has 1 fully saturated rings. The van der Waals surface area contributed by atoms with Crippen LogP contribution >= 0.6 is 11.3 Å². The Morgan fingerprint density at radius 1 is 1.44 bits per heavy atom. The molecule has 0 atom stereocenters. The molecule has 0 radical (unpaired) electrons. The molecular weight excluding hydrogens is 224 g/mol. The number of anilines is 1. The van der Waals surface area contributed by atoms with Crippen LogP contribution in [-0.2, 0) is 11.3 Å². The number of aldehydes is 1. The average molecular weight is 240 g/mol. The van der Waals surface area contributed by atoms with E-state index in [0.717, 1.165) is 30.2 Å². The number of methoxy groups -OCH3 is 1. The van der Waals surface area contributed by atoms with Crippen molar-refractivity contribution < 1.29 is 9.53 Å². The summed E-state index contributed by atoms with van der Waals surface area (Å²) in [4.78, 5) is 18.3. The summed E-state index contributed by atoms with van der Waals surface area (Å²) in [6.07, 6.45) is 4.61. The Labute approximate surface area is 99.2 Å². The van der Waals surface area contributed by atoms with Gasteiger partial charge in [-0.3, -0.25) is 4.79 Å². The zero-order chi connectivity index (χ0) is 11.4.